The lowest BCUT2D eigenvalue weighted by Gasteiger charge is -2.24. The van der Waals surface area contributed by atoms with Crippen molar-refractivity contribution in [2.24, 2.45) is 0 Å². The molecule has 202 valence electrons. The number of likely N-dealkylation sites (N-methyl/N-ethyl adjacent to an activating group) is 1. The molecule has 4 aromatic carbocycles. The van der Waals surface area contributed by atoms with Crippen molar-refractivity contribution < 1.29 is 14.3 Å². The molecule has 0 radical (unpaired) electrons. The van der Waals surface area contributed by atoms with Crippen LogP contribution in [0.3, 0.4) is 0 Å². The summed E-state index contributed by atoms with van der Waals surface area (Å²) in [5.74, 6) is 1.45. The smallest absolute Gasteiger partial charge is 0.323 e. The van der Waals surface area contributed by atoms with E-state index < -0.39 is 0 Å². The maximum atomic E-state index is 12.7. The number of urea groups is 1. The summed E-state index contributed by atoms with van der Waals surface area (Å²) in [4.78, 5) is 29.3. The molecular formula is C33H32N4O3. The molecule has 1 heterocycles. The zero-order valence-electron chi connectivity index (χ0n) is 22.4. The highest BCUT2D eigenvalue weighted by atomic mass is 16.5. The molecule has 0 spiro atoms. The van der Waals surface area contributed by atoms with Gasteiger partial charge < -0.3 is 25.2 Å². The maximum absolute atomic E-state index is 12.7. The molecule has 1 aliphatic heterocycles. The van der Waals surface area contributed by atoms with E-state index in [2.05, 4.69) is 15.5 Å². The van der Waals surface area contributed by atoms with Crippen LogP contribution in [0, 0.1) is 0 Å². The third-order valence-electron chi connectivity index (χ3n) is 6.86. The van der Waals surface area contributed by atoms with Crippen molar-refractivity contribution in [3.05, 3.63) is 121 Å². The average Bonchev–Trinajstić information content (AvgIpc) is 3.48. The summed E-state index contributed by atoms with van der Waals surface area (Å²) >= 11 is 0. The predicted octanol–water partition coefficient (Wildman–Crippen LogP) is 6.87. The van der Waals surface area contributed by atoms with Crippen LogP contribution in [-0.4, -0.2) is 43.0 Å². The largest absolute Gasteiger partial charge is 0.457 e. The summed E-state index contributed by atoms with van der Waals surface area (Å²) in [5, 5.41) is 5.71. The Morgan fingerprint density at radius 1 is 0.800 bits per heavy atom. The van der Waals surface area contributed by atoms with Crippen LogP contribution in [0.5, 0.6) is 11.5 Å². The van der Waals surface area contributed by atoms with E-state index in [0.717, 1.165) is 36.5 Å². The molecule has 0 saturated carbocycles. The first-order valence-electron chi connectivity index (χ1n) is 13.3. The summed E-state index contributed by atoms with van der Waals surface area (Å²) in [7, 11) is 1.86. The average molecular weight is 533 g/mol. The third-order valence-corrected chi connectivity index (χ3v) is 6.86. The van der Waals surface area contributed by atoms with Crippen molar-refractivity contribution in [3.8, 4) is 11.5 Å². The molecule has 1 saturated heterocycles. The number of nitrogens with one attached hydrogen (secondary N) is 2. The zero-order chi connectivity index (χ0) is 27.7. The number of anilines is 3. The number of hydrogen-bond acceptors (Lipinski definition) is 4. The Morgan fingerprint density at radius 3 is 2.02 bits per heavy atom. The molecule has 1 atom stereocenters. The van der Waals surface area contributed by atoms with Gasteiger partial charge in [-0.05, 0) is 78.7 Å². The fourth-order valence-electron chi connectivity index (χ4n) is 4.60. The van der Waals surface area contributed by atoms with Gasteiger partial charge in [0.2, 0.25) is 5.91 Å². The lowest BCUT2D eigenvalue weighted by Crippen LogP contribution is -2.38. The van der Waals surface area contributed by atoms with Gasteiger partial charge >= 0.3 is 6.03 Å². The summed E-state index contributed by atoms with van der Waals surface area (Å²) in [6, 6.07) is 34.1. The molecule has 1 aliphatic rings. The minimum Gasteiger partial charge on any atom is -0.457 e. The SMILES string of the molecule is CN(C(=O)C=Cc1ccccc1)C1CCN(c2ccc(NC(=O)Nc3ccc(Oc4ccccc4)cc3)cc2)C1. The number of hydrogen-bond donors (Lipinski definition) is 2. The van der Waals surface area contributed by atoms with E-state index in [4.69, 9.17) is 4.74 Å². The van der Waals surface area contributed by atoms with Gasteiger partial charge in [-0.15, -0.1) is 0 Å². The molecule has 0 aliphatic carbocycles. The Bertz CT molecular complexity index is 1440. The van der Waals surface area contributed by atoms with Crippen molar-refractivity contribution in [2.45, 2.75) is 12.5 Å². The Labute approximate surface area is 234 Å². The topological polar surface area (TPSA) is 73.9 Å². The summed E-state index contributed by atoms with van der Waals surface area (Å²) < 4.78 is 5.79. The number of ether oxygens (including phenoxy) is 1. The van der Waals surface area contributed by atoms with Crippen LogP contribution in [0.25, 0.3) is 6.08 Å². The normalized spacial score (nSPS) is 14.6. The summed E-state index contributed by atoms with van der Waals surface area (Å²) in [6.45, 7) is 1.63. The third kappa shape index (κ3) is 7.08. The van der Waals surface area contributed by atoms with Crippen LogP contribution in [0.2, 0.25) is 0 Å². The summed E-state index contributed by atoms with van der Waals surface area (Å²) in [5.41, 5.74) is 3.42. The van der Waals surface area contributed by atoms with Gasteiger partial charge in [0, 0.05) is 43.3 Å². The Morgan fingerprint density at radius 2 is 1.38 bits per heavy atom. The van der Waals surface area contributed by atoms with E-state index in [1.807, 2.05) is 115 Å². The summed E-state index contributed by atoms with van der Waals surface area (Å²) in [6.07, 6.45) is 4.39. The lowest BCUT2D eigenvalue weighted by atomic mass is 10.2. The number of para-hydroxylation sites is 1. The number of amides is 3. The van der Waals surface area contributed by atoms with Gasteiger partial charge in [0.05, 0.1) is 6.04 Å². The fourth-order valence-corrected chi connectivity index (χ4v) is 4.60. The Balaban J connectivity index is 1.09. The number of carbonyl (C=O) groups is 2. The first-order valence-corrected chi connectivity index (χ1v) is 13.3. The second-order valence-electron chi connectivity index (χ2n) is 9.65. The van der Waals surface area contributed by atoms with Gasteiger partial charge in [-0.3, -0.25) is 4.79 Å². The molecular weight excluding hydrogens is 500 g/mol. The van der Waals surface area contributed by atoms with Crippen LogP contribution >= 0.6 is 0 Å². The zero-order valence-corrected chi connectivity index (χ0v) is 22.4. The highest BCUT2D eigenvalue weighted by Gasteiger charge is 2.27. The minimum absolute atomic E-state index is 0.000348. The maximum Gasteiger partial charge on any atom is 0.323 e. The van der Waals surface area contributed by atoms with Crippen LogP contribution in [-0.2, 0) is 4.79 Å². The second kappa shape index (κ2) is 12.7. The van der Waals surface area contributed by atoms with Gasteiger partial charge in [-0.1, -0.05) is 48.5 Å². The first kappa shape index (κ1) is 26.6. The standard InChI is InChI=1S/C33H32N4O3/c1-36(32(38)21-12-25-8-4-2-5-9-25)29-22-23-37(24-29)28-17-13-26(14-18-28)34-33(39)35-27-15-19-31(20-16-27)40-30-10-6-3-7-11-30/h2-21,29H,22-24H2,1H3,(H2,34,35,39). The molecule has 2 N–H and O–H groups in total. The molecule has 3 amide bonds. The van der Waals surface area contributed by atoms with Crippen molar-refractivity contribution in [2.75, 3.05) is 35.7 Å². The van der Waals surface area contributed by atoms with Crippen LogP contribution < -0.4 is 20.3 Å². The number of benzene rings is 4. The fraction of sp³-hybridized carbons (Fsp3) is 0.152. The van der Waals surface area contributed by atoms with Gasteiger partial charge in [0.25, 0.3) is 0 Å². The van der Waals surface area contributed by atoms with Crippen LogP contribution in [0.1, 0.15) is 12.0 Å². The van der Waals surface area contributed by atoms with Crippen molar-refractivity contribution in [3.63, 3.8) is 0 Å². The first-order chi connectivity index (χ1) is 19.5. The quantitative estimate of drug-likeness (QED) is 0.243. The predicted molar refractivity (Wildman–Crippen MR) is 161 cm³/mol. The molecule has 4 aromatic rings. The van der Waals surface area contributed by atoms with Crippen LogP contribution in [0.4, 0.5) is 21.9 Å². The van der Waals surface area contributed by atoms with E-state index in [9.17, 15) is 9.59 Å². The lowest BCUT2D eigenvalue weighted by molar-refractivity contribution is -0.126. The highest BCUT2D eigenvalue weighted by molar-refractivity contribution is 5.99. The molecule has 1 unspecified atom stereocenters. The van der Waals surface area contributed by atoms with E-state index in [1.54, 1.807) is 18.2 Å². The minimum atomic E-state index is -0.325. The van der Waals surface area contributed by atoms with E-state index in [1.165, 1.54) is 0 Å². The van der Waals surface area contributed by atoms with Gasteiger partial charge in [-0.2, -0.15) is 0 Å². The van der Waals surface area contributed by atoms with E-state index in [0.29, 0.717) is 17.1 Å². The number of carbonyl (C=O) groups excluding carboxylic acids is 2. The molecule has 0 aromatic heterocycles. The second-order valence-corrected chi connectivity index (χ2v) is 9.65. The molecule has 5 rings (SSSR count). The van der Waals surface area contributed by atoms with Gasteiger partial charge in [-0.25, -0.2) is 4.79 Å². The van der Waals surface area contributed by atoms with Gasteiger partial charge in [0.1, 0.15) is 11.5 Å². The van der Waals surface area contributed by atoms with Crippen molar-refractivity contribution >= 4 is 35.1 Å². The highest BCUT2D eigenvalue weighted by Crippen LogP contribution is 2.25. The number of nitrogens with zero attached hydrogens (tertiary/aromatic N) is 2. The van der Waals surface area contributed by atoms with E-state index >= 15 is 0 Å². The van der Waals surface area contributed by atoms with E-state index in [-0.39, 0.29) is 18.0 Å². The van der Waals surface area contributed by atoms with Crippen molar-refractivity contribution in [1.82, 2.24) is 4.90 Å². The van der Waals surface area contributed by atoms with Gasteiger partial charge in [0.15, 0.2) is 0 Å². The number of rotatable bonds is 8. The molecule has 0 bridgehead atoms. The molecule has 40 heavy (non-hydrogen) atoms. The Hall–Kier alpha value is -5.04. The molecule has 1 fully saturated rings. The monoisotopic (exact) mass is 532 g/mol. The van der Waals surface area contributed by atoms with Crippen molar-refractivity contribution in [1.29, 1.82) is 0 Å². The molecule has 7 heteroatoms. The Kier molecular flexibility index (Phi) is 8.41. The van der Waals surface area contributed by atoms with Crippen LogP contribution in [0.15, 0.2) is 115 Å². The molecule has 7 nitrogen and oxygen atoms in total.